The SMILES string of the molecule is Cc1noc(-c2ccc(C(=O)N3CCC(C4OCCO4)CC3)cc2)n1. The zero-order chi connectivity index (χ0) is 17.2. The van der Waals surface area contributed by atoms with Crippen LogP contribution in [0.5, 0.6) is 0 Å². The molecule has 1 aromatic heterocycles. The second kappa shape index (κ2) is 6.93. The Kier molecular flexibility index (Phi) is 4.50. The minimum Gasteiger partial charge on any atom is -0.350 e. The number of aromatic nitrogens is 2. The first-order valence-corrected chi connectivity index (χ1v) is 8.64. The number of hydrogen-bond acceptors (Lipinski definition) is 6. The highest BCUT2D eigenvalue weighted by Gasteiger charge is 2.32. The molecule has 0 spiro atoms. The summed E-state index contributed by atoms with van der Waals surface area (Å²) in [7, 11) is 0. The summed E-state index contributed by atoms with van der Waals surface area (Å²) in [5, 5.41) is 3.78. The van der Waals surface area contributed by atoms with Crippen LogP contribution in [0, 0.1) is 12.8 Å². The standard InChI is InChI=1S/C18H21N3O4/c1-12-19-16(25-20-12)13-2-4-14(5-3-13)17(22)21-8-6-15(7-9-21)18-23-10-11-24-18/h2-5,15,18H,6-11H2,1H3. The maximum atomic E-state index is 12.7. The number of benzene rings is 1. The van der Waals surface area contributed by atoms with E-state index in [2.05, 4.69) is 10.1 Å². The Morgan fingerprint density at radius 1 is 1.12 bits per heavy atom. The highest BCUT2D eigenvalue weighted by molar-refractivity contribution is 5.94. The summed E-state index contributed by atoms with van der Waals surface area (Å²) < 4.78 is 16.3. The molecule has 2 aromatic rings. The summed E-state index contributed by atoms with van der Waals surface area (Å²) in [6, 6.07) is 7.30. The summed E-state index contributed by atoms with van der Waals surface area (Å²) in [5.74, 6) is 1.50. The number of ether oxygens (including phenoxy) is 2. The number of aryl methyl sites for hydroxylation is 1. The molecule has 0 saturated carbocycles. The molecule has 0 aliphatic carbocycles. The smallest absolute Gasteiger partial charge is 0.257 e. The molecule has 0 unspecified atom stereocenters. The van der Waals surface area contributed by atoms with Crippen LogP contribution >= 0.6 is 0 Å². The van der Waals surface area contributed by atoms with E-state index < -0.39 is 0 Å². The minimum atomic E-state index is -0.0885. The van der Waals surface area contributed by atoms with Gasteiger partial charge in [0.05, 0.1) is 13.2 Å². The molecule has 7 nitrogen and oxygen atoms in total. The van der Waals surface area contributed by atoms with Crippen molar-refractivity contribution in [3.63, 3.8) is 0 Å². The number of piperidine rings is 1. The topological polar surface area (TPSA) is 77.7 Å². The molecule has 0 radical (unpaired) electrons. The first-order valence-electron chi connectivity index (χ1n) is 8.64. The maximum absolute atomic E-state index is 12.7. The molecule has 2 aliphatic heterocycles. The van der Waals surface area contributed by atoms with E-state index in [4.69, 9.17) is 14.0 Å². The summed E-state index contributed by atoms with van der Waals surface area (Å²) in [5.41, 5.74) is 1.48. The molecule has 3 heterocycles. The van der Waals surface area contributed by atoms with Gasteiger partial charge in [-0.2, -0.15) is 4.98 Å². The fraction of sp³-hybridized carbons (Fsp3) is 0.500. The average Bonchev–Trinajstić information content (AvgIpc) is 3.33. The third-order valence-electron chi connectivity index (χ3n) is 4.77. The van der Waals surface area contributed by atoms with Gasteiger partial charge < -0.3 is 18.9 Å². The Morgan fingerprint density at radius 2 is 1.80 bits per heavy atom. The van der Waals surface area contributed by atoms with Crippen LogP contribution in [-0.2, 0) is 9.47 Å². The van der Waals surface area contributed by atoms with Crippen molar-refractivity contribution in [2.75, 3.05) is 26.3 Å². The number of rotatable bonds is 3. The first kappa shape index (κ1) is 16.2. The van der Waals surface area contributed by atoms with E-state index in [1.807, 2.05) is 29.2 Å². The van der Waals surface area contributed by atoms with Gasteiger partial charge in [0.2, 0.25) is 0 Å². The molecule has 4 rings (SSSR count). The van der Waals surface area contributed by atoms with Crippen LogP contribution in [0.2, 0.25) is 0 Å². The molecule has 1 amide bonds. The van der Waals surface area contributed by atoms with Gasteiger partial charge in [0, 0.05) is 30.1 Å². The van der Waals surface area contributed by atoms with Crippen molar-refractivity contribution in [2.45, 2.75) is 26.1 Å². The predicted octanol–water partition coefficient (Wildman–Crippen LogP) is 2.27. The maximum Gasteiger partial charge on any atom is 0.257 e. The molecule has 2 aliphatic rings. The highest BCUT2D eigenvalue weighted by atomic mass is 16.7. The Bertz CT molecular complexity index is 729. The lowest BCUT2D eigenvalue weighted by Gasteiger charge is -2.33. The molecule has 0 bridgehead atoms. The van der Waals surface area contributed by atoms with E-state index >= 15 is 0 Å². The monoisotopic (exact) mass is 343 g/mol. The number of amides is 1. The molecular weight excluding hydrogens is 322 g/mol. The van der Waals surface area contributed by atoms with Gasteiger partial charge in [0.1, 0.15) is 0 Å². The largest absolute Gasteiger partial charge is 0.350 e. The van der Waals surface area contributed by atoms with Gasteiger partial charge in [-0.25, -0.2) is 0 Å². The molecular formula is C18H21N3O4. The molecule has 2 fully saturated rings. The van der Waals surface area contributed by atoms with Gasteiger partial charge >= 0.3 is 0 Å². The van der Waals surface area contributed by atoms with E-state index in [0.29, 0.717) is 36.4 Å². The molecule has 0 atom stereocenters. The van der Waals surface area contributed by atoms with Crippen LogP contribution in [0.4, 0.5) is 0 Å². The van der Waals surface area contributed by atoms with Crippen LogP contribution in [0.15, 0.2) is 28.8 Å². The Balaban J connectivity index is 1.38. The third kappa shape index (κ3) is 3.43. The van der Waals surface area contributed by atoms with Crippen molar-refractivity contribution in [3.8, 4) is 11.5 Å². The normalized spacial score (nSPS) is 19.5. The molecule has 1 aromatic carbocycles. The lowest BCUT2D eigenvalue weighted by atomic mass is 9.95. The molecule has 132 valence electrons. The quantitative estimate of drug-likeness (QED) is 0.851. The second-order valence-corrected chi connectivity index (χ2v) is 6.46. The Labute approximate surface area is 145 Å². The van der Waals surface area contributed by atoms with Crippen molar-refractivity contribution in [1.29, 1.82) is 0 Å². The number of carbonyl (C=O) groups excluding carboxylic acids is 1. The van der Waals surface area contributed by atoms with E-state index in [-0.39, 0.29) is 12.2 Å². The lowest BCUT2D eigenvalue weighted by molar-refractivity contribution is -0.0956. The number of carbonyl (C=O) groups is 1. The Hall–Kier alpha value is -2.25. The lowest BCUT2D eigenvalue weighted by Crippen LogP contribution is -2.41. The second-order valence-electron chi connectivity index (χ2n) is 6.46. The van der Waals surface area contributed by atoms with Crippen LogP contribution < -0.4 is 0 Å². The van der Waals surface area contributed by atoms with E-state index in [0.717, 1.165) is 31.5 Å². The van der Waals surface area contributed by atoms with Gasteiger partial charge in [-0.3, -0.25) is 4.79 Å². The van der Waals surface area contributed by atoms with E-state index in [9.17, 15) is 4.79 Å². The molecule has 2 saturated heterocycles. The number of nitrogens with zero attached hydrogens (tertiary/aromatic N) is 3. The van der Waals surface area contributed by atoms with Crippen molar-refractivity contribution < 1.29 is 18.8 Å². The van der Waals surface area contributed by atoms with Crippen LogP contribution in [0.3, 0.4) is 0 Å². The third-order valence-corrected chi connectivity index (χ3v) is 4.77. The van der Waals surface area contributed by atoms with Gasteiger partial charge in [-0.1, -0.05) is 5.16 Å². The van der Waals surface area contributed by atoms with Crippen molar-refractivity contribution in [3.05, 3.63) is 35.7 Å². The Morgan fingerprint density at radius 3 is 2.40 bits per heavy atom. The predicted molar refractivity (Wildman–Crippen MR) is 88.8 cm³/mol. The molecule has 25 heavy (non-hydrogen) atoms. The summed E-state index contributed by atoms with van der Waals surface area (Å²) in [6.45, 7) is 4.59. The van der Waals surface area contributed by atoms with Gasteiger partial charge in [-0.15, -0.1) is 0 Å². The average molecular weight is 343 g/mol. The van der Waals surface area contributed by atoms with Gasteiger partial charge in [0.15, 0.2) is 12.1 Å². The van der Waals surface area contributed by atoms with E-state index in [1.165, 1.54) is 0 Å². The van der Waals surface area contributed by atoms with Crippen LogP contribution in [0.25, 0.3) is 11.5 Å². The van der Waals surface area contributed by atoms with Gasteiger partial charge in [0.25, 0.3) is 11.8 Å². The summed E-state index contributed by atoms with van der Waals surface area (Å²) >= 11 is 0. The fourth-order valence-corrected chi connectivity index (χ4v) is 3.38. The fourth-order valence-electron chi connectivity index (χ4n) is 3.38. The van der Waals surface area contributed by atoms with Crippen LogP contribution in [-0.4, -0.2) is 53.5 Å². The van der Waals surface area contributed by atoms with Crippen molar-refractivity contribution >= 4 is 5.91 Å². The van der Waals surface area contributed by atoms with E-state index in [1.54, 1.807) is 6.92 Å². The molecule has 7 heteroatoms. The molecule has 0 N–H and O–H groups in total. The van der Waals surface area contributed by atoms with Crippen molar-refractivity contribution in [1.82, 2.24) is 15.0 Å². The zero-order valence-electron chi connectivity index (χ0n) is 14.2. The zero-order valence-corrected chi connectivity index (χ0v) is 14.2. The number of likely N-dealkylation sites (tertiary alicyclic amines) is 1. The van der Waals surface area contributed by atoms with Gasteiger partial charge in [-0.05, 0) is 44.0 Å². The number of hydrogen-bond donors (Lipinski definition) is 0. The summed E-state index contributed by atoms with van der Waals surface area (Å²) in [4.78, 5) is 18.8. The van der Waals surface area contributed by atoms with Crippen LogP contribution in [0.1, 0.15) is 29.0 Å². The van der Waals surface area contributed by atoms with Crippen molar-refractivity contribution in [2.24, 2.45) is 5.92 Å². The minimum absolute atomic E-state index is 0.0555. The summed E-state index contributed by atoms with van der Waals surface area (Å²) in [6.07, 6.45) is 1.74. The first-order chi connectivity index (χ1) is 12.2. The highest BCUT2D eigenvalue weighted by Crippen LogP contribution is 2.27.